The summed E-state index contributed by atoms with van der Waals surface area (Å²) in [5.41, 5.74) is 0. The first kappa shape index (κ1) is 28.1. The summed E-state index contributed by atoms with van der Waals surface area (Å²) in [5, 5.41) is 4.58. The average Bonchev–Trinajstić information content (AvgIpc) is 3.06. The van der Waals surface area contributed by atoms with Gasteiger partial charge in [-0.3, -0.25) is 28.9 Å². The van der Waals surface area contributed by atoms with E-state index in [-0.39, 0.29) is 71.7 Å². The van der Waals surface area contributed by atoms with E-state index in [1.165, 1.54) is 36.0 Å². The fourth-order valence-electron chi connectivity index (χ4n) is 3.35. The predicted octanol–water partition coefficient (Wildman–Crippen LogP) is -1.75. The Morgan fingerprint density at radius 1 is 0.600 bits per heavy atom. The molecule has 0 aromatic heterocycles. The van der Waals surface area contributed by atoms with Crippen LogP contribution in [-0.4, -0.2) is 120 Å². The van der Waals surface area contributed by atoms with E-state index in [0.29, 0.717) is 5.06 Å². The van der Waals surface area contributed by atoms with Crippen molar-refractivity contribution in [2.45, 2.75) is 33.6 Å². The van der Waals surface area contributed by atoms with Crippen LogP contribution in [0, 0.1) is 0 Å². The molecule has 15 nitrogen and oxygen atoms in total. The smallest absolute Gasteiger partial charge is 0.347 e. The Kier molecular flexibility index (Phi) is 11.0. The fraction of sp³-hybridized carbons (Fsp3) is 0.700. The SMILES string of the molecule is CC(=O)ON1CCN(CC(=O)ON2C(=O)CCC2=O)CCN(OC(C)=O)CCN(OC(C)=O)CC1. The monoisotopic (exact) mass is 501 g/mol. The van der Waals surface area contributed by atoms with Crippen LogP contribution < -0.4 is 0 Å². The largest absolute Gasteiger partial charge is 0.368 e. The van der Waals surface area contributed by atoms with Crippen molar-refractivity contribution in [2.75, 3.05) is 58.9 Å². The van der Waals surface area contributed by atoms with Crippen LogP contribution >= 0.6 is 0 Å². The third kappa shape index (κ3) is 10.3. The molecule has 0 aromatic carbocycles. The number of nitrogens with zero attached hydrogens (tertiary/aromatic N) is 5. The molecule has 0 atom stereocenters. The zero-order valence-electron chi connectivity index (χ0n) is 20.1. The number of imide groups is 1. The first-order valence-electron chi connectivity index (χ1n) is 11.1. The summed E-state index contributed by atoms with van der Waals surface area (Å²) in [5.74, 6) is -3.62. The highest BCUT2D eigenvalue weighted by Gasteiger charge is 2.33. The van der Waals surface area contributed by atoms with Crippen LogP contribution in [0.3, 0.4) is 0 Å². The van der Waals surface area contributed by atoms with Gasteiger partial charge in [0.15, 0.2) is 0 Å². The Morgan fingerprint density at radius 2 is 0.943 bits per heavy atom. The van der Waals surface area contributed by atoms with Gasteiger partial charge in [0.05, 0.1) is 32.7 Å². The van der Waals surface area contributed by atoms with E-state index in [2.05, 4.69) is 0 Å². The second-order valence-electron chi connectivity index (χ2n) is 7.86. The topological polar surface area (TPSA) is 156 Å². The Balaban J connectivity index is 2.11. The maximum absolute atomic E-state index is 12.4. The normalized spacial score (nSPS) is 20.0. The summed E-state index contributed by atoms with van der Waals surface area (Å²) in [6.45, 7) is 4.97. The lowest BCUT2D eigenvalue weighted by Crippen LogP contribution is -2.48. The van der Waals surface area contributed by atoms with Crippen LogP contribution in [-0.2, 0) is 48.1 Å². The molecule has 2 aliphatic rings. The van der Waals surface area contributed by atoms with Gasteiger partial charge in [0, 0.05) is 59.8 Å². The first-order valence-corrected chi connectivity index (χ1v) is 11.1. The third-order valence-electron chi connectivity index (χ3n) is 4.85. The Hall–Kier alpha value is -3.14. The Labute approximate surface area is 202 Å². The number of hydroxylamine groups is 8. The van der Waals surface area contributed by atoms with E-state index in [4.69, 9.17) is 19.4 Å². The summed E-state index contributed by atoms with van der Waals surface area (Å²) in [6.07, 6.45) is -0.0379. The standard InChI is InChI=1S/C20H31N5O10/c1-15(26)32-22-8-6-21(14-20(31)35-25-18(29)4-5-19(25)30)7-9-23(33-16(2)27)11-13-24(12-10-22)34-17(3)28/h4-14H2,1-3H3. The number of amides is 2. The summed E-state index contributed by atoms with van der Waals surface area (Å²) >= 11 is 0. The average molecular weight is 501 g/mol. The van der Waals surface area contributed by atoms with E-state index >= 15 is 0 Å². The molecule has 15 heteroatoms. The maximum atomic E-state index is 12.4. The molecule has 0 aliphatic carbocycles. The van der Waals surface area contributed by atoms with Crippen molar-refractivity contribution in [2.24, 2.45) is 0 Å². The van der Waals surface area contributed by atoms with Crippen molar-refractivity contribution < 1.29 is 48.1 Å². The van der Waals surface area contributed by atoms with Gasteiger partial charge in [-0.2, -0.15) is 0 Å². The Morgan fingerprint density at radius 3 is 1.29 bits per heavy atom. The van der Waals surface area contributed by atoms with Crippen LogP contribution in [0.1, 0.15) is 33.6 Å². The number of hydrogen-bond acceptors (Lipinski definition) is 14. The molecule has 0 radical (unpaired) electrons. The molecule has 2 fully saturated rings. The van der Waals surface area contributed by atoms with Crippen molar-refractivity contribution in [3.8, 4) is 0 Å². The lowest BCUT2D eigenvalue weighted by Gasteiger charge is -2.31. The number of carbonyl (C=O) groups is 6. The molecule has 0 spiro atoms. The van der Waals surface area contributed by atoms with E-state index in [0.717, 1.165) is 0 Å². The molecule has 0 bridgehead atoms. The highest BCUT2D eigenvalue weighted by Crippen LogP contribution is 2.12. The summed E-state index contributed by atoms with van der Waals surface area (Å²) in [7, 11) is 0. The minimum atomic E-state index is -0.820. The fourth-order valence-corrected chi connectivity index (χ4v) is 3.35. The lowest BCUT2D eigenvalue weighted by atomic mass is 10.4. The maximum Gasteiger partial charge on any atom is 0.347 e. The summed E-state index contributed by atoms with van der Waals surface area (Å²) in [6, 6.07) is 0. The van der Waals surface area contributed by atoms with Crippen LogP contribution in [0.2, 0.25) is 0 Å². The number of rotatable bonds is 6. The van der Waals surface area contributed by atoms with Gasteiger partial charge in [-0.05, 0) is 0 Å². The first-order chi connectivity index (χ1) is 16.5. The van der Waals surface area contributed by atoms with Gasteiger partial charge in [0.25, 0.3) is 11.8 Å². The molecule has 2 saturated heterocycles. The molecule has 2 heterocycles. The number of carbonyl (C=O) groups excluding carboxylic acids is 6. The molecule has 2 rings (SSSR count). The van der Waals surface area contributed by atoms with Crippen molar-refractivity contribution in [3.05, 3.63) is 0 Å². The summed E-state index contributed by atoms with van der Waals surface area (Å²) < 4.78 is 0. The van der Waals surface area contributed by atoms with Gasteiger partial charge in [-0.25, -0.2) is 4.79 Å². The lowest BCUT2D eigenvalue weighted by molar-refractivity contribution is -0.217. The van der Waals surface area contributed by atoms with Gasteiger partial charge >= 0.3 is 23.9 Å². The highest BCUT2D eigenvalue weighted by atomic mass is 16.7. The zero-order valence-corrected chi connectivity index (χ0v) is 20.1. The van der Waals surface area contributed by atoms with E-state index in [1.807, 2.05) is 0 Å². The molecule has 0 aromatic rings. The molecule has 0 saturated carbocycles. The van der Waals surface area contributed by atoms with Gasteiger partial charge in [0.2, 0.25) is 0 Å². The molecule has 35 heavy (non-hydrogen) atoms. The third-order valence-corrected chi connectivity index (χ3v) is 4.85. The van der Waals surface area contributed by atoms with Gasteiger partial charge < -0.3 is 19.4 Å². The molecular weight excluding hydrogens is 470 g/mol. The molecule has 0 N–H and O–H groups in total. The van der Waals surface area contributed by atoms with Gasteiger partial charge in [-0.15, -0.1) is 20.3 Å². The second kappa shape index (κ2) is 13.7. The van der Waals surface area contributed by atoms with E-state index < -0.39 is 35.7 Å². The molecule has 2 amide bonds. The molecule has 0 unspecified atom stereocenters. The second-order valence-corrected chi connectivity index (χ2v) is 7.86. The number of hydrogen-bond donors (Lipinski definition) is 0. The molecule has 196 valence electrons. The van der Waals surface area contributed by atoms with E-state index in [1.54, 1.807) is 4.90 Å². The summed E-state index contributed by atoms with van der Waals surface area (Å²) in [4.78, 5) is 92.6. The van der Waals surface area contributed by atoms with Crippen molar-refractivity contribution in [1.29, 1.82) is 0 Å². The van der Waals surface area contributed by atoms with Crippen LogP contribution in [0.15, 0.2) is 0 Å². The molecular formula is C20H31N5O10. The van der Waals surface area contributed by atoms with Crippen molar-refractivity contribution >= 4 is 35.7 Å². The minimum Gasteiger partial charge on any atom is -0.368 e. The van der Waals surface area contributed by atoms with Crippen molar-refractivity contribution in [3.63, 3.8) is 0 Å². The van der Waals surface area contributed by atoms with Crippen molar-refractivity contribution in [1.82, 2.24) is 25.2 Å². The van der Waals surface area contributed by atoms with Gasteiger partial charge in [0.1, 0.15) is 0 Å². The van der Waals surface area contributed by atoms with Crippen LogP contribution in [0.25, 0.3) is 0 Å². The predicted molar refractivity (Wildman–Crippen MR) is 114 cm³/mol. The van der Waals surface area contributed by atoms with Crippen LogP contribution in [0.4, 0.5) is 0 Å². The highest BCUT2D eigenvalue weighted by molar-refractivity contribution is 6.01. The molecule has 2 aliphatic heterocycles. The Bertz CT molecular complexity index is 774. The van der Waals surface area contributed by atoms with E-state index in [9.17, 15) is 28.8 Å². The quantitative estimate of drug-likeness (QED) is 0.378. The minimum absolute atomic E-state index is 0.0190. The zero-order chi connectivity index (χ0) is 26.0. The van der Waals surface area contributed by atoms with Gasteiger partial charge in [-0.1, -0.05) is 0 Å². The van der Waals surface area contributed by atoms with Crippen LogP contribution in [0.5, 0.6) is 0 Å².